The Morgan fingerprint density at radius 3 is 2.77 bits per heavy atom. The van der Waals surface area contributed by atoms with Crippen LogP contribution in [0.4, 0.5) is 0 Å². The largest absolute Gasteiger partial charge is 0.285 e. The first-order chi connectivity index (χ1) is 6.15. The number of hydrogen-bond acceptors (Lipinski definition) is 2. The van der Waals surface area contributed by atoms with Gasteiger partial charge in [-0.1, -0.05) is 0 Å². The van der Waals surface area contributed by atoms with E-state index < -0.39 is 5.91 Å². The second-order valence-electron chi connectivity index (χ2n) is 2.65. The van der Waals surface area contributed by atoms with E-state index >= 15 is 0 Å². The Kier molecular flexibility index (Phi) is 2.62. The van der Waals surface area contributed by atoms with E-state index in [0.717, 1.165) is 11.1 Å². The maximum atomic E-state index is 11.0. The van der Waals surface area contributed by atoms with E-state index in [1.807, 2.05) is 13.8 Å². The van der Waals surface area contributed by atoms with Gasteiger partial charge in [-0.2, -0.15) is 0 Å². The number of rotatable bonds is 1. The van der Waals surface area contributed by atoms with Crippen molar-refractivity contribution >= 4 is 5.91 Å². The molecule has 1 heterocycles. The summed E-state index contributed by atoms with van der Waals surface area (Å²) >= 11 is 0. The summed E-state index contributed by atoms with van der Waals surface area (Å²) in [5.74, 6) is -0.648. The molecule has 1 aromatic rings. The van der Waals surface area contributed by atoms with Gasteiger partial charge in [0.2, 0.25) is 0 Å². The maximum absolute atomic E-state index is 11.0. The molecule has 13 heavy (non-hydrogen) atoms. The van der Waals surface area contributed by atoms with Crippen LogP contribution in [0.2, 0.25) is 0 Å². The van der Waals surface area contributed by atoms with Gasteiger partial charge in [-0.25, -0.2) is 0 Å². The average Bonchev–Trinajstić information content (AvgIpc) is 2.10. The van der Waals surface area contributed by atoms with Gasteiger partial charge in [0.25, 0.3) is 5.91 Å². The van der Waals surface area contributed by atoms with Gasteiger partial charge in [0.15, 0.2) is 0 Å². The number of carbonyl (C=O) groups is 1. The Bertz CT molecular complexity index is 393. The molecule has 1 aromatic heterocycles. The molecule has 0 N–H and O–H groups in total. The summed E-state index contributed by atoms with van der Waals surface area (Å²) in [7, 11) is 0. The van der Waals surface area contributed by atoms with Gasteiger partial charge in [-0.3, -0.25) is 9.78 Å². The van der Waals surface area contributed by atoms with Crippen LogP contribution >= 0.6 is 0 Å². The van der Waals surface area contributed by atoms with Crippen molar-refractivity contribution in [1.29, 1.82) is 0 Å². The lowest BCUT2D eigenvalue weighted by molar-refractivity contribution is 0.0995. The van der Waals surface area contributed by atoms with Gasteiger partial charge in [0.1, 0.15) is 5.69 Å². The number of amides is 1. The van der Waals surface area contributed by atoms with Crippen molar-refractivity contribution < 1.29 is 4.79 Å². The molecular formula is C8H8N4O. The third-order valence-corrected chi connectivity index (χ3v) is 1.73. The predicted molar refractivity (Wildman–Crippen MR) is 47.2 cm³/mol. The number of aryl methyl sites for hydroxylation is 2. The molecule has 0 bridgehead atoms. The van der Waals surface area contributed by atoms with E-state index in [0.29, 0.717) is 0 Å². The zero-order valence-electron chi connectivity index (χ0n) is 7.35. The topological polar surface area (TPSA) is 78.7 Å². The highest BCUT2D eigenvalue weighted by Crippen LogP contribution is 2.07. The zero-order chi connectivity index (χ0) is 9.84. The second-order valence-corrected chi connectivity index (χ2v) is 2.65. The van der Waals surface area contributed by atoms with E-state index in [-0.39, 0.29) is 5.69 Å². The van der Waals surface area contributed by atoms with Crippen molar-refractivity contribution in [3.63, 3.8) is 0 Å². The summed E-state index contributed by atoms with van der Waals surface area (Å²) in [6.07, 6.45) is 1.58. The van der Waals surface area contributed by atoms with Crippen molar-refractivity contribution in [2.45, 2.75) is 13.8 Å². The van der Waals surface area contributed by atoms with Gasteiger partial charge in [-0.15, -0.1) is 0 Å². The Hall–Kier alpha value is -1.87. The summed E-state index contributed by atoms with van der Waals surface area (Å²) < 4.78 is 0. The number of nitrogens with zero attached hydrogens (tertiary/aromatic N) is 4. The van der Waals surface area contributed by atoms with Crippen LogP contribution in [-0.4, -0.2) is 10.9 Å². The summed E-state index contributed by atoms with van der Waals surface area (Å²) in [6.45, 7) is 3.76. The van der Waals surface area contributed by atoms with Crippen LogP contribution in [-0.2, 0) is 0 Å². The highest BCUT2D eigenvalue weighted by atomic mass is 16.1. The minimum absolute atomic E-state index is 0.181. The smallest absolute Gasteiger partial charge is 0.267 e. The van der Waals surface area contributed by atoms with E-state index in [2.05, 4.69) is 15.0 Å². The summed E-state index contributed by atoms with van der Waals surface area (Å²) in [5, 5.41) is 2.94. The van der Waals surface area contributed by atoms with Gasteiger partial charge in [0, 0.05) is 11.1 Å². The third-order valence-electron chi connectivity index (χ3n) is 1.73. The van der Waals surface area contributed by atoms with E-state index in [9.17, 15) is 4.79 Å². The minimum Gasteiger partial charge on any atom is -0.285 e. The molecule has 1 amide bonds. The van der Waals surface area contributed by atoms with E-state index in [4.69, 9.17) is 5.53 Å². The lowest BCUT2D eigenvalue weighted by Gasteiger charge is -1.99. The fourth-order valence-corrected chi connectivity index (χ4v) is 0.833. The van der Waals surface area contributed by atoms with Crippen LogP contribution in [0.1, 0.15) is 21.6 Å². The first-order valence-electron chi connectivity index (χ1n) is 3.68. The Morgan fingerprint density at radius 2 is 2.23 bits per heavy atom. The standard InChI is InChI=1S/C8H8N4O/c1-5-3-7(8(13)11-12-9)10-4-6(5)2/h3-4H,1-2H3. The molecule has 66 valence electrons. The second kappa shape index (κ2) is 3.69. The highest BCUT2D eigenvalue weighted by molar-refractivity contribution is 5.93. The predicted octanol–water partition coefficient (Wildman–Crippen LogP) is 2.15. The Morgan fingerprint density at radius 1 is 1.54 bits per heavy atom. The molecule has 0 aliphatic heterocycles. The molecule has 0 saturated carbocycles. The molecule has 0 spiro atoms. The molecular weight excluding hydrogens is 168 g/mol. The fourth-order valence-electron chi connectivity index (χ4n) is 0.833. The van der Waals surface area contributed by atoms with Crippen LogP contribution in [0.5, 0.6) is 0 Å². The van der Waals surface area contributed by atoms with Crippen LogP contribution in [0.3, 0.4) is 0 Å². The lowest BCUT2D eigenvalue weighted by Crippen LogP contribution is -1.98. The quantitative estimate of drug-likeness (QED) is 0.373. The molecule has 0 radical (unpaired) electrons. The van der Waals surface area contributed by atoms with Crippen molar-refractivity contribution in [2.24, 2.45) is 5.11 Å². The molecule has 1 rings (SSSR count). The van der Waals surface area contributed by atoms with Gasteiger partial charge < -0.3 is 0 Å². The molecule has 5 nitrogen and oxygen atoms in total. The molecule has 0 aliphatic carbocycles. The van der Waals surface area contributed by atoms with Crippen LogP contribution in [0, 0.1) is 13.8 Å². The number of pyridine rings is 1. The molecule has 0 atom stereocenters. The Labute approximate surface area is 75.0 Å². The monoisotopic (exact) mass is 176 g/mol. The normalized spacial score (nSPS) is 9.08. The SMILES string of the molecule is Cc1cnc(C(=O)N=[N+]=[N-])cc1C. The first-order valence-corrected chi connectivity index (χ1v) is 3.68. The summed E-state index contributed by atoms with van der Waals surface area (Å²) in [6, 6.07) is 1.60. The zero-order valence-corrected chi connectivity index (χ0v) is 7.35. The van der Waals surface area contributed by atoms with Crippen molar-refractivity contribution in [2.75, 3.05) is 0 Å². The van der Waals surface area contributed by atoms with Gasteiger partial charge in [0.05, 0.1) is 0 Å². The van der Waals surface area contributed by atoms with Crippen LogP contribution in [0.15, 0.2) is 17.4 Å². The molecule has 0 aliphatic rings. The summed E-state index contributed by atoms with van der Waals surface area (Å²) in [5.41, 5.74) is 10.2. The van der Waals surface area contributed by atoms with E-state index in [1.165, 1.54) is 0 Å². The molecule has 5 heteroatoms. The number of hydrogen-bond donors (Lipinski definition) is 0. The van der Waals surface area contributed by atoms with Crippen molar-refractivity contribution in [1.82, 2.24) is 4.98 Å². The third kappa shape index (κ3) is 2.04. The van der Waals surface area contributed by atoms with Crippen LogP contribution < -0.4 is 0 Å². The molecule has 0 saturated heterocycles. The average molecular weight is 176 g/mol. The highest BCUT2D eigenvalue weighted by Gasteiger charge is 2.05. The fraction of sp³-hybridized carbons (Fsp3) is 0.250. The van der Waals surface area contributed by atoms with E-state index in [1.54, 1.807) is 12.3 Å². The molecule has 0 unspecified atom stereocenters. The summed E-state index contributed by atoms with van der Waals surface area (Å²) in [4.78, 5) is 17.3. The Balaban J connectivity index is 3.10. The maximum Gasteiger partial charge on any atom is 0.267 e. The van der Waals surface area contributed by atoms with Crippen molar-refractivity contribution in [3.05, 3.63) is 39.5 Å². The first kappa shape index (κ1) is 9.22. The molecule has 0 fully saturated rings. The minimum atomic E-state index is -0.648. The lowest BCUT2D eigenvalue weighted by atomic mass is 10.1. The van der Waals surface area contributed by atoms with Gasteiger partial charge in [-0.05, 0) is 41.7 Å². The molecule has 0 aromatic carbocycles. The van der Waals surface area contributed by atoms with Crippen LogP contribution in [0.25, 0.3) is 10.4 Å². The van der Waals surface area contributed by atoms with Gasteiger partial charge >= 0.3 is 0 Å². The number of aromatic nitrogens is 1. The number of carbonyl (C=O) groups excluding carboxylic acids is 1. The van der Waals surface area contributed by atoms with Crippen molar-refractivity contribution in [3.8, 4) is 0 Å². The number of azide groups is 1.